The molecule has 2 saturated heterocycles. The molecule has 2 atom stereocenters. The third-order valence-electron chi connectivity index (χ3n) is 6.73. The maximum atomic E-state index is 13.2. The zero-order valence-corrected chi connectivity index (χ0v) is 19.1. The molecular formula is C25H35N3O4. The predicted octanol–water partition coefficient (Wildman–Crippen LogP) is 2.16. The molecule has 1 N–H and O–H groups in total. The van der Waals surface area contributed by atoms with Gasteiger partial charge in [0, 0.05) is 32.1 Å². The minimum absolute atomic E-state index is 0.136. The minimum Gasteiger partial charge on any atom is -0.491 e. The van der Waals surface area contributed by atoms with Gasteiger partial charge in [-0.1, -0.05) is 30.4 Å². The number of ether oxygens (including phenoxy) is 2. The molecule has 0 radical (unpaired) electrons. The first kappa shape index (κ1) is 22.8. The number of fused-ring (bicyclic) bond motifs is 1. The van der Waals surface area contributed by atoms with E-state index in [1.165, 1.54) is 6.42 Å². The normalized spacial score (nSPS) is 28.6. The quantitative estimate of drug-likeness (QED) is 0.713. The van der Waals surface area contributed by atoms with Gasteiger partial charge in [-0.2, -0.15) is 0 Å². The molecule has 3 aliphatic heterocycles. The Hall–Kier alpha value is -2.38. The summed E-state index contributed by atoms with van der Waals surface area (Å²) in [7, 11) is 0. The number of rotatable bonds is 2. The van der Waals surface area contributed by atoms with Crippen LogP contribution in [0.3, 0.4) is 0 Å². The van der Waals surface area contributed by atoms with Gasteiger partial charge in [0.15, 0.2) is 5.60 Å². The monoisotopic (exact) mass is 441 g/mol. The highest BCUT2D eigenvalue weighted by molar-refractivity contribution is 5.86. The van der Waals surface area contributed by atoms with Crippen molar-refractivity contribution >= 4 is 11.8 Å². The van der Waals surface area contributed by atoms with Gasteiger partial charge in [0.05, 0.1) is 19.7 Å². The fourth-order valence-corrected chi connectivity index (χ4v) is 4.88. The first-order valence-corrected chi connectivity index (χ1v) is 11.9. The Kier molecular flexibility index (Phi) is 7.48. The first-order chi connectivity index (χ1) is 15.6. The molecule has 1 aromatic carbocycles. The summed E-state index contributed by atoms with van der Waals surface area (Å²) in [6.07, 6.45) is 8.64. The molecule has 7 nitrogen and oxygen atoms in total. The predicted molar refractivity (Wildman–Crippen MR) is 123 cm³/mol. The van der Waals surface area contributed by atoms with Crippen molar-refractivity contribution in [3.63, 3.8) is 0 Å². The highest BCUT2D eigenvalue weighted by atomic mass is 16.5. The molecule has 3 heterocycles. The van der Waals surface area contributed by atoms with Crippen molar-refractivity contribution in [1.29, 1.82) is 0 Å². The summed E-state index contributed by atoms with van der Waals surface area (Å²) >= 11 is 0. The molecule has 1 spiro atoms. The van der Waals surface area contributed by atoms with Gasteiger partial charge < -0.3 is 19.7 Å². The lowest BCUT2D eigenvalue weighted by atomic mass is 9.94. The van der Waals surface area contributed by atoms with Crippen molar-refractivity contribution in [3.8, 4) is 5.75 Å². The molecule has 0 aromatic heterocycles. The number of carbonyl (C=O) groups excluding carboxylic acids is 2. The number of benzene rings is 1. The van der Waals surface area contributed by atoms with Crippen LogP contribution in [0.1, 0.15) is 38.2 Å². The van der Waals surface area contributed by atoms with Crippen molar-refractivity contribution in [1.82, 2.24) is 15.1 Å². The third-order valence-corrected chi connectivity index (χ3v) is 6.73. The topological polar surface area (TPSA) is 71.1 Å². The molecule has 0 bridgehead atoms. The summed E-state index contributed by atoms with van der Waals surface area (Å²) in [4.78, 5) is 30.2. The van der Waals surface area contributed by atoms with E-state index in [1.54, 1.807) is 0 Å². The van der Waals surface area contributed by atoms with E-state index >= 15 is 0 Å². The number of likely N-dealkylation sites (tertiary alicyclic amines) is 1. The van der Waals surface area contributed by atoms with Crippen LogP contribution in [0.15, 0.2) is 36.4 Å². The zero-order valence-electron chi connectivity index (χ0n) is 19.1. The first-order valence-electron chi connectivity index (χ1n) is 11.9. The van der Waals surface area contributed by atoms with Gasteiger partial charge in [0.2, 0.25) is 5.91 Å². The fourth-order valence-electron chi connectivity index (χ4n) is 4.88. The van der Waals surface area contributed by atoms with E-state index in [2.05, 4.69) is 29.3 Å². The second kappa shape index (κ2) is 10.5. The van der Waals surface area contributed by atoms with Crippen LogP contribution in [-0.4, -0.2) is 79.2 Å². The van der Waals surface area contributed by atoms with Crippen LogP contribution in [0.5, 0.6) is 5.75 Å². The largest absolute Gasteiger partial charge is 0.491 e. The Morgan fingerprint density at radius 1 is 1.19 bits per heavy atom. The smallest absolute Gasteiger partial charge is 0.254 e. The molecule has 3 aliphatic rings. The lowest BCUT2D eigenvalue weighted by Crippen LogP contribution is -2.61. The minimum atomic E-state index is -0.985. The Bertz CT molecular complexity index is 842. The summed E-state index contributed by atoms with van der Waals surface area (Å²) in [6, 6.07) is 8.28. The van der Waals surface area contributed by atoms with E-state index in [4.69, 9.17) is 9.47 Å². The molecule has 32 heavy (non-hydrogen) atoms. The van der Waals surface area contributed by atoms with Gasteiger partial charge >= 0.3 is 0 Å². The molecular weight excluding hydrogens is 406 g/mol. The average Bonchev–Trinajstić information content (AvgIpc) is 2.80. The van der Waals surface area contributed by atoms with Crippen LogP contribution in [0, 0.1) is 0 Å². The summed E-state index contributed by atoms with van der Waals surface area (Å²) in [5.74, 6) is 0.874. The van der Waals surface area contributed by atoms with Gasteiger partial charge in [-0.05, 0) is 44.2 Å². The van der Waals surface area contributed by atoms with E-state index in [9.17, 15) is 9.59 Å². The number of morpholine rings is 1. The van der Waals surface area contributed by atoms with E-state index in [1.807, 2.05) is 29.2 Å². The molecule has 7 heteroatoms. The molecule has 0 saturated carbocycles. The Balaban J connectivity index is 1.45. The van der Waals surface area contributed by atoms with Gasteiger partial charge in [0.1, 0.15) is 12.4 Å². The number of piperidine rings is 1. The number of carbonyl (C=O) groups is 2. The van der Waals surface area contributed by atoms with E-state index in [0.717, 1.165) is 37.1 Å². The van der Waals surface area contributed by atoms with Gasteiger partial charge in [0.25, 0.3) is 5.91 Å². The summed E-state index contributed by atoms with van der Waals surface area (Å²) in [5, 5.41) is 2.99. The summed E-state index contributed by atoms with van der Waals surface area (Å²) < 4.78 is 12.0. The van der Waals surface area contributed by atoms with Gasteiger partial charge in [-0.15, -0.1) is 0 Å². The zero-order chi connectivity index (χ0) is 22.4. The van der Waals surface area contributed by atoms with Crippen molar-refractivity contribution in [3.05, 3.63) is 42.0 Å². The van der Waals surface area contributed by atoms with Crippen molar-refractivity contribution < 1.29 is 19.1 Å². The highest BCUT2D eigenvalue weighted by Gasteiger charge is 2.43. The molecule has 2 unspecified atom stereocenters. The summed E-state index contributed by atoms with van der Waals surface area (Å²) in [6.45, 7) is 5.61. The van der Waals surface area contributed by atoms with Crippen LogP contribution in [0.25, 0.3) is 0 Å². The fraction of sp³-hybridized carbons (Fsp3) is 0.600. The van der Waals surface area contributed by atoms with Crippen molar-refractivity contribution in [2.24, 2.45) is 0 Å². The van der Waals surface area contributed by atoms with Crippen LogP contribution >= 0.6 is 0 Å². The molecule has 0 aliphatic carbocycles. The number of para-hydroxylation sites is 1. The number of allylic oxidation sites excluding steroid dienone is 1. The number of nitrogens with one attached hydrogen (secondary N) is 1. The Labute approximate surface area is 190 Å². The summed E-state index contributed by atoms with van der Waals surface area (Å²) in [5.41, 5.74) is 0.137. The standard InChI is InChI=1S/C25H35N3O4/c1-20-8-5-7-14-28(20)23(29)18-27-15-17-32-25(19-27)12-6-4-10-21-9-2-3-11-22(21)31-16-13-26-24(25)30/h2-4,6,9,11,20H,5,7-8,10,12-19H2,1H3,(H,26,30)/b6-4+. The SMILES string of the molecule is CC1CCCCN1C(=O)CN1CCOC2(C/C=C/Cc3ccccc3OCCNC2=O)C1. The number of hydrogen-bond acceptors (Lipinski definition) is 5. The lowest BCUT2D eigenvalue weighted by Gasteiger charge is -2.42. The second-order valence-corrected chi connectivity index (χ2v) is 9.08. The molecule has 2 amide bonds. The number of amides is 2. The van der Waals surface area contributed by atoms with Crippen molar-refractivity contribution in [2.75, 3.05) is 45.9 Å². The maximum Gasteiger partial charge on any atom is 0.254 e. The van der Waals surface area contributed by atoms with E-state index < -0.39 is 5.60 Å². The second-order valence-electron chi connectivity index (χ2n) is 9.08. The van der Waals surface area contributed by atoms with Gasteiger partial charge in [-0.25, -0.2) is 0 Å². The molecule has 174 valence electrons. The van der Waals surface area contributed by atoms with Crippen molar-refractivity contribution in [2.45, 2.75) is 50.7 Å². The van der Waals surface area contributed by atoms with Crippen LogP contribution in [0.2, 0.25) is 0 Å². The lowest BCUT2D eigenvalue weighted by molar-refractivity contribution is -0.162. The average molecular weight is 442 g/mol. The third kappa shape index (κ3) is 5.33. The molecule has 4 rings (SSSR count). The number of hydrogen-bond donors (Lipinski definition) is 1. The van der Waals surface area contributed by atoms with Crippen LogP contribution in [0.4, 0.5) is 0 Å². The molecule has 1 aromatic rings. The van der Waals surface area contributed by atoms with Crippen LogP contribution < -0.4 is 10.1 Å². The van der Waals surface area contributed by atoms with Crippen LogP contribution in [-0.2, 0) is 20.7 Å². The number of nitrogens with zero attached hydrogens (tertiary/aromatic N) is 2. The van der Waals surface area contributed by atoms with E-state index in [0.29, 0.717) is 51.9 Å². The maximum absolute atomic E-state index is 13.2. The van der Waals surface area contributed by atoms with Gasteiger partial charge in [-0.3, -0.25) is 14.5 Å². The Morgan fingerprint density at radius 3 is 2.94 bits per heavy atom. The molecule has 2 fully saturated rings. The van der Waals surface area contributed by atoms with E-state index in [-0.39, 0.29) is 11.8 Å². The highest BCUT2D eigenvalue weighted by Crippen LogP contribution is 2.26. The Morgan fingerprint density at radius 2 is 2.06 bits per heavy atom.